The van der Waals surface area contributed by atoms with Crippen LogP contribution < -0.4 is 4.90 Å². The molecule has 0 aromatic heterocycles. The Bertz CT molecular complexity index is 2040. The van der Waals surface area contributed by atoms with E-state index in [0.29, 0.717) is 26.1 Å². The molecule has 52 heavy (non-hydrogen) atoms. The van der Waals surface area contributed by atoms with Crippen molar-refractivity contribution in [2.75, 3.05) is 37.3 Å². The lowest BCUT2D eigenvalue weighted by Crippen LogP contribution is -2.28. The minimum Gasteiger partial charge on any atom is -0.748 e. The summed E-state index contributed by atoms with van der Waals surface area (Å²) in [5.74, 6) is -1.26. The number of carboxylic acid groups (broad SMARTS) is 1. The van der Waals surface area contributed by atoms with Gasteiger partial charge in [0.1, 0.15) is 6.54 Å². The molecular weight excluding hydrogens is 703 g/mol. The molecule has 4 rings (SSSR count). The number of carbonyl (C=O) groups is 1. The van der Waals surface area contributed by atoms with Gasteiger partial charge in [0.05, 0.1) is 20.4 Å². The first kappa shape index (κ1) is 40.9. The average Bonchev–Trinajstić information content (AvgIpc) is 3.37. The summed E-state index contributed by atoms with van der Waals surface area (Å²) in [5.41, 5.74) is 5.95. The van der Waals surface area contributed by atoms with Gasteiger partial charge in [-0.2, -0.15) is 13.0 Å². The smallest absolute Gasteiger partial charge is 0.303 e. The molecule has 2 N–H and O–H groups in total. The Morgan fingerprint density at radius 1 is 0.942 bits per heavy atom. The molecule has 2 aliphatic heterocycles. The summed E-state index contributed by atoms with van der Waals surface area (Å²) in [6.45, 7) is 12.8. The number of hydrogen-bond donors (Lipinski definition) is 2. The molecule has 282 valence electrons. The fraction of sp³-hybridized carbons (Fsp3) is 0.436. The van der Waals surface area contributed by atoms with E-state index in [-0.39, 0.29) is 17.7 Å². The van der Waals surface area contributed by atoms with Gasteiger partial charge in [0.15, 0.2) is 5.71 Å². The molecule has 2 aliphatic rings. The number of rotatable bonds is 17. The van der Waals surface area contributed by atoms with Crippen LogP contribution in [0.5, 0.6) is 0 Å². The van der Waals surface area contributed by atoms with E-state index < -0.39 is 42.8 Å². The second-order valence-corrected chi connectivity index (χ2v) is 17.4. The normalized spacial score (nSPS) is 17.8. The molecule has 0 radical (unpaired) electrons. The molecule has 0 spiro atoms. The van der Waals surface area contributed by atoms with Gasteiger partial charge in [-0.25, -0.2) is 8.42 Å². The highest BCUT2D eigenvalue weighted by molar-refractivity contribution is 7.86. The Kier molecular flexibility index (Phi) is 12.9. The topological polar surface area (TPSA) is 158 Å². The van der Waals surface area contributed by atoms with Crippen LogP contribution in [0.15, 0.2) is 89.5 Å². The van der Waals surface area contributed by atoms with Gasteiger partial charge in [-0.3, -0.25) is 9.35 Å². The second-order valence-electron chi connectivity index (χ2n) is 14.5. The third-order valence-corrected chi connectivity index (χ3v) is 11.3. The second kappa shape index (κ2) is 16.4. The van der Waals surface area contributed by atoms with Crippen LogP contribution in [-0.4, -0.2) is 84.6 Å². The van der Waals surface area contributed by atoms with Crippen molar-refractivity contribution in [3.63, 3.8) is 0 Å². The lowest BCUT2D eigenvalue weighted by Gasteiger charge is -2.26. The predicted molar refractivity (Wildman–Crippen MR) is 204 cm³/mol. The Hall–Kier alpha value is -3.88. The van der Waals surface area contributed by atoms with Crippen LogP contribution in [0.2, 0.25) is 0 Å². The number of benzene rings is 2. The van der Waals surface area contributed by atoms with E-state index in [1.165, 1.54) is 6.07 Å². The molecule has 2 heterocycles. The fourth-order valence-electron chi connectivity index (χ4n) is 7.12. The molecular formula is C39H51N3O8S2. The van der Waals surface area contributed by atoms with Gasteiger partial charge in [-0.15, -0.1) is 0 Å². The number of hydrogen-bond acceptors (Lipinski definition) is 8. The van der Waals surface area contributed by atoms with E-state index in [2.05, 4.69) is 41.2 Å². The van der Waals surface area contributed by atoms with E-state index in [4.69, 9.17) is 5.11 Å². The largest absolute Gasteiger partial charge is 0.748 e. The van der Waals surface area contributed by atoms with Crippen LogP contribution in [0.4, 0.5) is 11.4 Å². The highest BCUT2D eigenvalue weighted by atomic mass is 32.2. The Balaban J connectivity index is 1.55. The minimum atomic E-state index is -4.35. The van der Waals surface area contributed by atoms with Crippen LogP contribution in [0.25, 0.3) is 0 Å². The zero-order valence-electron chi connectivity index (χ0n) is 30.9. The fourth-order valence-corrected chi connectivity index (χ4v) is 8.11. The molecule has 0 unspecified atom stereocenters. The van der Waals surface area contributed by atoms with Crippen molar-refractivity contribution in [2.45, 2.75) is 82.6 Å². The third kappa shape index (κ3) is 9.75. The first-order valence-electron chi connectivity index (χ1n) is 17.5. The summed E-state index contributed by atoms with van der Waals surface area (Å²) in [4.78, 5) is 15.1. The molecule has 0 fully saturated rings. The first-order valence-corrected chi connectivity index (χ1v) is 20.5. The van der Waals surface area contributed by atoms with E-state index in [0.717, 1.165) is 52.4 Å². The van der Waals surface area contributed by atoms with Gasteiger partial charge in [-0.05, 0) is 81.7 Å². The number of carboxylic acids is 1. The highest BCUT2D eigenvalue weighted by Crippen LogP contribution is 2.48. The predicted octanol–water partition coefficient (Wildman–Crippen LogP) is 6.30. The van der Waals surface area contributed by atoms with Crippen LogP contribution in [0.1, 0.15) is 77.0 Å². The minimum absolute atomic E-state index is 0.120. The summed E-state index contributed by atoms with van der Waals surface area (Å²) >= 11 is 0. The molecule has 2 aromatic rings. The quantitative estimate of drug-likeness (QED) is 0.107. The lowest BCUT2D eigenvalue weighted by molar-refractivity contribution is -0.437. The zero-order valence-corrected chi connectivity index (χ0v) is 32.5. The van der Waals surface area contributed by atoms with Crippen molar-refractivity contribution >= 4 is 43.3 Å². The Morgan fingerprint density at radius 2 is 1.63 bits per heavy atom. The number of anilines is 1. The van der Waals surface area contributed by atoms with Crippen LogP contribution in [-0.2, 0) is 42.4 Å². The van der Waals surface area contributed by atoms with Crippen LogP contribution in [0.3, 0.4) is 0 Å². The molecule has 2 aromatic carbocycles. The Labute approximate surface area is 308 Å². The standard InChI is InChI=1S/C39H51N3O8S2/c1-7-22-41-34-21-19-30(52(48,49)50)27-32(34)39(4,5)35(41)15-11-9-8-10-12-16-36-38(2,3)31-26-29(28-40(6)23-13-17-37(43)44)18-20-33(31)42(36)24-14-25-51(45,46)47/h8-12,15-16,18-21,26-27H,7,13-14,17,22-25,28H2,1-6H3,(H2-,43,44,45,46,47,48,49,50). The SMILES string of the molecule is CCCN1/C(=C/C=C/C=C/C=C/C2=[N+](CCCS(=O)(=O)[O-])c3ccc(CN(C)CCCC(=O)O)cc3C2(C)C)C(C)(C)c2cc(S(=O)(=O)O)ccc21. The molecule has 0 aliphatic carbocycles. The summed E-state index contributed by atoms with van der Waals surface area (Å²) in [7, 11) is -6.72. The van der Waals surface area contributed by atoms with Crippen molar-refractivity contribution in [1.82, 2.24) is 4.90 Å². The molecule has 0 bridgehead atoms. The highest BCUT2D eigenvalue weighted by Gasteiger charge is 2.44. The molecule has 0 saturated heterocycles. The molecule has 13 heteroatoms. The van der Waals surface area contributed by atoms with Crippen molar-refractivity contribution in [3.8, 4) is 0 Å². The summed E-state index contributed by atoms with van der Waals surface area (Å²) in [6, 6.07) is 11.0. The first-order chi connectivity index (χ1) is 24.3. The molecule has 0 amide bonds. The number of aliphatic carboxylic acids is 1. The van der Waals surface area contributed by atoms with Crippen molar-refractivity contribution < 1.29 is 40.4 Å². The van der Waals surface area contributed by atoms with Crippen molar-refractivity contribution in [3.05, 3.63) is 101 Å². The molecule has 0 saturated carbocycles. The van der Waals surface area contributed by atoms with Gasteiger partial charge in [0.25, 0.3) is 10.1 Å². The number of nitrogens with zero attached hydrogens (tertiary/aromatic N) is 3. The maximum absolute atomic E-state index is 11.9. The molecule has 0 atom stereocenters. The van der Waals surface area contributed by atoms with Gasteiger partial charge in [0, 0.05) is 66.2 Å². The molecule has 11 nitrogen and oxygen atoms in total. The lowest BCUT2D eigenvalue weighted by atomic mass is 9.80. The van der Waals surface area contributed by atoms with Crippen LogP contribution >= 0.6 is 0 Å². The van der Waals surface area contributed by atoms with Crippen molar-refractivity contribution in [1.29, 1.82) is 0 Å². The van der Waals surface area contributed by atoms with Gasteiger partial charge in [0.2, 0.25) is 5.69 Å². The summed E-state index contributed by atoms with van der Waals surface area (Å²) in [6.07, 6.45) is 15.4. The summed E-state index contributed by atoms with van der Waals surface area (Å²) < 4.78 is 69.6. The Morgan fingerprint density at radius 3 is 2.29 bits per heavy atom. The number of fused-ring (bicyclic) bond motifs is 2. The third-order valence-electron chi connectivity index (χ3n) is 9.68. The van der Waals surface area contributed by atoms with E-state index in [1.807, 2.05) is 75.6 Å². The van der Waals surface area contributed by atoms with E-state index in [1.54, 1.807) is 12.1 Å². The maximum atomic E-state index is 11.9. The van der Waals surface area contributed by atoms with Gasteiger partial charge in [-0.1, -0.05) is 57.2 Å². The zero-order chi connectivity index (χ0) is 38.5. The van der Waals surface area contributed by atoms with Crippen LogP contribution in [0, 0.1) is 0 Å². The monoisotopic (exact) mass is 753 g/mol. The van der Waals surface area contributed by atoms with Gasteiger partial charge < -0.3 is 19.5 Å². The van der Waals surface area contributed by atoms with Gasteiger partial charge >= 0.3 is 5.97 Å². The van der Waals surface area contributed by atoms with Crippen molar-refractivity contribution in [2.24, 2.45) is 0 Å². The van der Waals surface area contributed by atoms with E-state index >= 15 is 0 Å². The maximum Gasteiger partial charge on any atom is 0.303 e. The van der Waals surface area contributed by atoms with E-state index in [9.17, 15) is 30.7 Å². The number of allylic oxidation sites excluding steroid dienone is 8. The summed E-state index contributed by atoms with van der Waals surface area (Å²) in [5, 5.41) is 8.97. The average molecular weight is 754 g/mol.